The van der Waals surface area contributed by atoms with Gasteiger partial charge in [-0.1, -0.05) is 36.9 Å². The van der Waals surface area contributed by atoms with E-state index in [1.165, 1.54) is 27.9 Å². The Hall–Kier alpha value is -3.23. The molecule has 33 heavy (non-hydrogen) atoms. The standard InChI is InChI=1S/C24H28FN3O5/c1-3-20(29)28-12-11-26(23(32)24(28)9-10-24)18(13-16-7-5-4-6-8-16)21(30)27-15-17(25)14-19(27)22(31)33-2/h3-8,17-19H,1,9-15H2,2H3/t17-,18-,19-/m0/s1. The number of piperazine rings is 1. The third kappa shape index (κ3) is 4.12. The van der Waals surface area contributed by atoms with E-state index in [1.807, 2.05) is 30.3 Å². The molecular formula is C24H28FN3O5. The molecule has 1 aromatic rings. The zero-order valence-electron chi connectivity index (χ0n) is 18.6. The highest BCUT2D eigenvalue weighted by Crippen LogP contribution is 2.46. The van der Waals surface area contributed by atoms with Gasteiger partial charge in [-0.05, 0) is 24.5 Å². The predicted octanol–water partition coefficient (Wildman–Crippen LogP) is 1.10. The van der Waals surface area contributed by atoms with Crippen molar-refractivity contribution in [1.82, 2.24) is 14.7 Å². The van der Waals surface area contributed by atoms with Crippen LogP contribution >= 0.6 is 0 Å². The molecule has 0 unspecified atom stereocenters. The lowest BCUT2D eigenvalue weighted by molar-refractivity contribution is -0.160. The summed E-state index contributed by atoms with van der Waals surface area (Å²) in [4.78, 5) is 56.2. The number of amides is 3. The molecule has 1 saturated carbocycles. The zero-order chi connectivity index (χ0) is 23.8. The van der Waals surface area contributed by atoms with Gasteiger partial charge in [0.05, 0.1) is 13.7 Å². The lowest BCUT2D eigenvalue weighted by Crippen LogP contribution is -2.65. The van der Waals surface area contributed by atoms with Crippen LogP contribution in [0.2, 0.25) is 0 Å². The lowest BCUT2D eigenvalue weighted by Gasteiger charge is -2.44. The SMILES string of the molecule is C=CC(=O)N1CCN([C@@H](Cc2ccccc2)C(=O)N2C[C@@H](F)C[C@H]2C(=O)OC)C(=O)C12CC2. The second-order valence-corrected chi connectivity index (χ2v) is 8.79. The van der Waals surface area contributed by atoms with Crippen LogP contribution in [0.3, 0.4) is 0 Å². The Morgan fingerprint density at radius 1 is 1.24 bits per heavy atom. The highest BCUT2D eigenvalue weighted by Gasteiger charge is 2.61. The third-order valence-electron chi connectivity index (χ3n) is 6.84. The van der Waals surface area contributed by atoms with Gasteiger partial charge in [0.2, 0.25) is 17.7 Å². The van der Waals surface area contributed by atoms with Gasteiger partial charge >= 0.3 is 5.97 Å². The van der Waals surface area contributed by atoms with Crippen molar-refractivity contribution in [1.29, 1.82) is 0 Å². The fourth-order valence-electron chi connectivity index (χ4n) is 4.98. The molecule has 0 radical (unpaired) electrons. The van der Waals surface area contributed by atoms with Gasteiger partial charge in [-0.2, -0.15) is 0 Å². The number of hydrogen-bond donors (Lipinski definition) is 0. The summed E-state index contributed by atoms with van der Waals surface area (Å²) in [5, 5.41) is 0. The quantitative estimate of drug-likeness (QED) is 0.472. The van der Waals surface area contributed by atoms with Crippen LogP contribution in [0.15, 0.2) is 43.0 Å². The van der Waals surface area contributed by atoms with Crippen LogP contribution in [0.25, 0.3) is 0 Å². The molecule has 3 atom stereocenters. The van der Waals surface area contributed by atoms with E-state index in [-0.39, 0.29) is 44.3 Å². The molecule has 0 aromatic heterocycles. The van der Waals surface area contributed by atoms with Crippen molar-refractivity contribution >= 4 is 23.7 Å². The van der Waals surface area contributed by atoms with Gasteiger partial charge in [0.1, 0.15) is 23.8 Å². The molecule has 2 heterocycles. The number of carbonyl (C=O) groups excluding carboxylic acids is 4. The molecule has 176 valence electrons. The van der Waals surface area contributed by atoms with E-state index in [4.69, 9.17) is 4.74 Å². The molecular weight excluding hydrogens is 429 g/mol. The highest BCUT2D eigenvalue weighted by molar-refractivity contribution is 6.00. The first-order valence-electron chi connectivity index (χ1n) is 11.1. The van der Waals surface area contributed by atoms with Gasteiger partial charge in [0.25, 0.3) is 0 Å². The van der Waals surface area contributed by atoms with E-state index in [9.17, 15) is 23.6 Å². The summed E-state index contributed by atoms with van der Waals surface area (Å²) in [5.41, 5.74) is -0.114. The second-order valence-electron chi connectivity index (χ2n) is 8.79. The Bertz CT molecular complexity index is 964. The van der Waals surface area contributed by atoms with Crippen molar-refractivity contribution in [3.05, 3.63) is 48.6 Å². The fraction of sp³-hybridized carbons (Fsp3) is 0.500. The molecule has 9 heteroatoms. The van der Waals surface area contributed by atoms with Gasteiger partial charge in [-0.15, -0.1) is 0 Å². The Kier molecular flexibility index (Phi) is 6.23. The molecule has 2 saturated heterocycles. The van der Waals surface area contributed by atoms with E-state index in [0.29, 0.717) is 12.8 Å². The number of ether oxygens (including phenoxy) is 1. The van der Waals surface area contributed by atoms with E-state index < -0.39 is 35.7 Å². The number of alkyl halides is 1. The van der Waals surface area contributed by atoms with Crippen LogP contribution in [0.5, 0.6) is 0 Å². The number of hydrogen-bond acceptors (Lipinski definition) is 5. The van der Waals surface area contributed by atoms with E-state index in [2.05, 4.69) is 6.58 Å². The first-order valence-corrected chi connectivity index (χ1v) is 11.1. The number of benzene rings is 1. The van der Waals surface area contributed by atoms with Crippen LogP contribution in [-0.2, 0) is 30.3 Å². The molecule has 1 aliphatic carbocycles. The molecule has 8 nitrogen and oxygen atoms in total. The minimum absolute atomic E-state index is 0.129. The van der Waals surface area contributed by atoms with Crippen molar-refractivity contribution in [2.45, 2.75) is 49.5 Å². The molecule has 4 rings (SSSR count). The monoisotopic (exact) mass is 457 g/mol. The molecule has 0 bridgehead atoms. The molecule has 3 aliphatic rings. The van der Waals surface area contributed by atoms with E-state index in [1.54, 1.807) is 0 Å². The number of rotatable bonds is 6. The maximum atomic E-state index is 14.3. The number of likely N-dealkylation sites (tertiary alicyclic amines) is 1. The molecule has 3 fully saturated rings. The average molecular weight is 458 g/mol. The molecule has 0 N–H and O–H groups in total. The van der Waals surface area contributed by atoms with Gasteiger partial charge in [-0.3, -0.25) is 14.4 Å². The number of esters is 1. The molecule has 2 aliphatic heterocycles. The van der Waals surface area contributed by atoms with Gasteiger partial charge in [0.15, 0.2) is 0 Å². The van der Waals surface area contributed by atoms with Crippen molar-refractivity contribution in [2.75, 3.05) is 26.7 Å². The van der Waals surface area contributed by atoms with Gasteiger partial charge in [0, 0.05) is 25.9 Å². The number of nitrogens with zero attached hydrogens (tertiary/aromatic N) is 3. The minimum atomic E-state index is -1.34. The van der Waals surface area contributed by atoms with E-state index >= 15 is 0 Å². The smallest absolute Gasteiger partial charge is 0.328 e. The van der Waals surface area contributed by atoms with Crippen LogP contribution in [0, 0.1) is 0 Å². The average Bonchev–Trinajstić information content (AvgIpc) is 3.52. The summed E-state index contributed by atoms with van der Waals surface area (Å²) in [6.45, 7) is 3.75. The number of halogens is 1. The number of methoxy groups -OCH3 is 1. The Morgan fingerprint density at radius 2 is 1.94 bits per heavy atom. The Balaban J connectivity index is 1.65. The van der Waals surface area contributed by atoms with Crippen LogP contribution in [0.4, 0.5) is 4.39 Å². The van der Waals surface area contributed by atoms with Crippen LogP contribution in [-0.4, -0.2) is 88.9 Å². The first kappa shape index (κ1) is 22.9. The van der Waals surface area contributed by atoms with Crippen LogP contribution in [0.1, 0.15) is 24.8 Å². The highest BCUT2D eigenvalue weighted by atomic mass is 19.1. The topological polar surface area (TPSA) is 87.2 Å². The number of carbonyl (C=O) groups is 4. The third-order valence-corrected chi connectivity index (χ3v) is 6.84. The largest absolute Gasteiger partial charge is 0.467 e. The van der Waals surface area contributed by atoms with Gasteiger partial charge < -0.3 is 19.4 Å². The zero-order valence-corrected chi connectivity index (χ0v) is 18.6. The summed E-state index contributed by atoms with van der Waals surface area (Å²) < 4.78 is 19.1. The maximum Gasteiger partial charge on any atom is 0.328 e. The summed E-state index contributed by atoms with van der Waals surface area (Å²) in [5.74, 6) is -1.75. The van der Waals surface area contributed by atoms with Crippen LogP contribution < -0.4 is 0 Å². The summed E-state index contributed by atoms with van der Waals surface area (Å²) >= 11 is 0. The molecule has 1 spiro atoms. The molecule has 3 amide bonds. The van der Waals surface area contributed by atoms with E-state index in [0.717, 1.165) is 5.56 Å². The molecule has 1 aromatic carbocycles. The minimum Gasteiger partial charge on any atom is -0.467 e. The second kappa shape index (κ2) is 8.96. The Morgan fingerprint density at radius 3 is 2.55 bits per heavy atom. The summed E-state index contributed by atoms with van der Waals surface area (Å²) in [7, 11) is 1.20. The Labute approximate surface area is 191 Å². The van der Waals surface area contributed by atoms with Gasteiger partial charge in [-0.25, -0.2) is 9.18 Å². The van der Waals surface area contributed by atoms with Crippen molar-refractivity contribution in [3.8, 4) is 0 Å². The van der Waals surface area contributed by atoms with Crippen molar-refractivity contribution in [3.63, 3.8) is 0 Å². The predicted molar refractivity (Wildman–Crippen MR) is 117 cm³/mol. The normalized spacial score (nSPS) is 24.5. The summed E-state index contributed by atoms with van der Waals surface area (Å²) in [6.07, 6.45) is 0.990. The maximum absolute atomic E-state index is 14.3. The first-order chi connectivity index (χ1) is 15.8. The van der Waals surface area contributed by atoms with Crippen molar-refractivity contribution in [2.24, 2.45) is 0 Å². The van der Waals surface area contributed by atoms with Crippen molar-refractivity contribution < 1.29 is 28.3 Å². The fourth-order valence-corrected chi connectivity index (χ4v) is 4.98. The lowest BCUT2D eigenvalue weighted by atomic mass is 9.99. The summed E-state index contributed by atoms with van der Waals surface area (Å²) in [6, 6.07) is 7.30.